The molecular weight excluding hydrogens is 218 g/mol. The molecule has 2 N–H and O–H groups in total. The van der Waals surface area contributed by atoms with Gasteiger partial charge in [-0.15, -0.1) is 0 Å². The van der Waals surface area contributed by atoms with Crippen molar-refractivity contribution >= 4 is 11.9 Å². The maximum atomic E-state index is 11.2. The van der Waals surface area contributed by atoms with E-state index in [0.717, 1.165) is 18.9 Å². The summed E-state index contributed by atoms with van der Waals surface area (Å²) in [4.78, 5) is 15.6. The van der Waals surface area contributed by atoms with Crippen LogP contribution < -0.4 is 10.6 Å². The second-order valence-electron chi connectivity index (χ2n) is 4.10. The molecule has 0 rings (SSSR count). The number of guanidine groups is 1. The molecule has 0 saturated heterocycles. The predicted molar refractivity (Wildman–Crippen MR) is 70.0 cm³/mol. The fraction of sp³-hybridized carbons (Fsp3) is 0.833. The number of aliphatic imine (C=N–C) groups is 1. The van der Waals surface area contributed by atoms with Gasteiger partial charge in [0.15, 0.2) is 5.96 Å². The zero-order chi connectivity index (χ0) is 13.3. The summed E-state index contributed by atoms with van der Waals surface area (Å²) in [6, 6.07) is 0.362. The van der Waals surface area contributed by atoms with Crippen LogP contribution in [0.15, 0.2) is 4.99 Å². The summed E-state index contributed by atoms with van der Waals surface area (Å²) in [5.74, 6) is 0.304. The lowest BCUT2D eigenvalue weighted by Gasteiger charge is -2.16. The normalized spacial score (nSPS) is 15.0. The third-order valence-electron chi connectivity index (χ3n) is 2.47. The number of nitrogens with one attached hydrogen (secondary N) is 2. The zero-order valence-electron chi connectivity index (χ0n) is 11.5. The number of nitrogens with zero attached hydrogens (tertiary/aromatic N) is 1. The molecule has 0 aliphatic rings. The Balaban J connectivity index is 4.33. The van der Waals surface area contributed by atoms with Gasteiger partial charge in [0.05, 0.1) is 19.6 Å². The molecule has 0 aliphatic carbocycles. The van der Waals surface area contributed by atoms with Crippen LogP contribution >= 0.6 is 0 Å². The molecule has 0 heterocycles. The lowest BCUT2D eigenvalue weighted by molar-refractivity contribution is -0.144. The minimum atomic E-state index is -0.229. The fourth-order valence-corrected chi connectivity index (χ4v) is 1.16. The van der Waals surface area contributed by atoms with Crippen LogP contribution in [0.5, 0.6) is 0 Å². The van der Waals surface area contributed by atoms with E-state index in [2.05, 4.69) is 34.2 Å². The van der Waals surface area contributed by atoms with E-state index >= 15 is 0 Å². The number of methoxy groups -OCH3 is 1. The van der Waals surface area contributed by atoms with Crippen molar-refractivity contribution in [2.45, 2.75) is 40.2 Å². The van der Waals surface area contributed by atoms with Gasteiger partial charge in [0.1, 0.15) is 0 Å². The van der Waals surface area contributed by atoms with Gasteiger partial charge in [-0.25, -0.2) is 0 Å². The van der Waals surface area contributed by atoms with Gasteiger partial charge in [-0.05, 0) is 20.3 Å². The highest BCUT2D eigenvalue weighted by atomic mass is 16.5. The highest BCUT2D eigenvalue weighted by molar-refractivity contribution is 5.80. The van der Waals surface area contributed by atoms with Crippen LogP contribution in [0, 0.1) is 5.92 Å². The number of carbonyl (C=O) groups excluding carboxylic acids is 1. The van der Waals surface area contributed by atoms with E-state index in [-0.39, 0.29) is 11.9 Å². The molecule has 0 saturated carbocycles. The van der Waals surface area contributed by atoms with Crippen molar-refractivity contribution in [2.24, 2.45) is 10.9 Å². The maximum absolute atomic E-state index is 11.2. The SMILES string of the molecule is CCNC(=NCC(C)C(=O)OC)NC(C)CC. The molecule has 0 spiro atoms. The van der Waals surface area contributed by atoms with E-state index < -0.39 is 0 Å². The molecule has 5 nitrogen and oxygen atoms in total. The molecule has 0 aromatic rings. The minimum absolute atomic E-state index is 0.215. The van der Waals surface area contributed by atoms with Crippen molar-refractivity contribution in [3.63, 3.8) is 0 Å². The summed E-state index contributed by atoms with van der Waals surface area (Å²) >= 11 is 0. The third-order valence-corrected chi connectivity index (χ3v) is 2.47. The lowest BCUT2D eigenvalue weighted by Crippen LogP contribution is -2.42. The van der Waals surface area contributed by atoms with E-state index in [9.17, 15) is 4.79 Å². The topological polar surface area (TPSA) is 62.7 Å². The van der Waals surface area contributed by atoms with Crippen LogP contribution in [-0.2, 0) is 9.53 Å². The molecule has 2 atom stereocenters. The minimum Gasteiger partial charge on any atom is -0.469 e. The second kappa shape index (κ2) is 8.84. The Kier molecular flexibility index (Phi) is 8.19. The highest BCUT2D eigenvalue weighted by Crippen LogP contribution is 1.98. The van der Waals surface area contributed by atoms with Gasteiger partial charge >= 0.3 is 5.97 Å². The van der Waals surface area contributed by atoms with Crippen LogP contribution in [-0.4, -0.2) is 38.2 Å². The number of hydrogen-bond donors (Lipinski definition) is 2. The Bertz CT molecular complexity index is 254. The Morgan fingerprint density at radius 3 is 2.47 bits per heavy atom. The largest absolute Gasteiger partial charge is 0.469 e. The van der Waals surface area contributed by atoms with Gasteiger partial charge in [-0.3, -0.25) is 9.79 Å². The van der Waals surface area contributed by atoms with Gasteiger partial charge in [-0.1, -0.05) is 13.8 Å². The fourth-order valence-electron chi connectivity index (χ4n) is 1.16. The van der Waals surface area contributed by atoms with E-state index in [0.29, 0.717) is 12.6 Å². The quantitative estimate of drug-likeness (QED) is 0.417. The van der Waals surface area contributed by atoms with Gasteiger partial charge < -0.3 is 15.4 Å². The summed E-state index contributed by atoms with van der Waals surface area (Å²) < 4.78 is 4.66. The Morgan fingerprint density at radius 1 is 1.35 bits per heavy atom. The highest BCUT2D eigenvalue weighted by Gasteiger charge is 2.12. The van der Waals surface area contributed by atoms with Crippen LogP contribution in [0.25, 0.3) is 0 Å². The van der Waals surface area contributed by atoms with E-state index in [1.807, 2.05) is 13.8 Å². The summed E-state index contributed by atoms with van der Waals surface area (Å²) in [5.41, 5.74) is 0. The van der Waals surface area contributed by atoms with Crippen molar-refractivity contribution < 1.29 is 9.53 Å². The molecule has 17 heavy (non-hydrogen) atoms. The molecule has 5 heteroatoms. The summed E-state index contributed by atoms with van der Waals surface area (Å²) in [5, 5.41) is 6.41. The summed E-state index contributed by atoms with van der Waals surface area (Å²) in [6.45, 7) is 9.25. The van der Waals surface area contributed by atoms with E-state index in [1.165, 1.54) is 7.11 Å². The van der Waals surface area contributed by atoms with Gasteiger partial charge in [0.25, 0.3) is 0 Å². The summed E-state index contributed by atoms with van der Waals surface area (Å²) in [6.07, 6.45) is 1.02. The van der Waals surface area contributed by atoms with Crippen molar-refractivity contribution in [2.75, 3.05) is 20.2 Å². The van der Waals surface area contributed by atoms with Crippen LogP contribution in [0.2, 0.25) is 0 Å². The van der Waals surface area contributed by atoms with Crippen molar-refractivity contribution in [1.82, 2.24) is 10.6 Å². The molecular formula is C12H25N3O2. The molecule has 0 bridgehead atoms. The molecule has 0 amide bonds. The molecule has 0 aliphatic heterocycles. The van der Waals surface area contributed by atoms with Crippen molar-refractivity contribution in [1.29, 1.82) is 0 Å². The first-order valence-electron chi connectivity index (χ1n) is 6.17. The number of carbonyl (C=O) groups is 1. The zero-order valence-corrected chi connectivity index (χ0v) is 11.5. The number of esters is 1. The molecule has 0 radical (unpaired) electrons. The third kappa shape index (κ3) is 6.81. The molecule has 0 fully saturated rings. The van der Waals surface area contributed by atoms with Crippen molar-refractivity contribution in [3.05, 3.63) is 0 Å². The average Bonchev–Trinajstić information content (AvgIpc) is 2.34. The van der Waals surface area contributed by atoms with Gasteiger partial charge in [-0.2, -0.15) is 0 Å². The standard InChI is InChI=1S/C12H25N3O2/c1-6-10(4)15-12(13-7-2)14-8-9(3)11(16)17-5/h9-10H,6-8H2,1-5H3,(H2,13,14,15). The van der Waals surface area contributed by atoms with E-state index in [4.69, 9.17) is 0 Å². The van der Waals surface area contributed by atoms with Crippen molar-refractivity contribution in [3.8, 4) is 0 Å². The average molecular weight is 243 g/mol. The summed E-state index contributed by atoms with van der Waals surface area (Å²) in [7, 11) is 1.39. The molecule has 100 valence electrons. The number of rotatable bonds is 6. The van der Waals surface area contributed by atoms with Crippen LogP contribution in [0.1, 0.15) is 34.1 Å². The second-order valence-corrected chi connectivity index (χ2v) is 4.10. The van der Waals surface area contributed by atoms with Gasteiger partial charge in [0, 0.05) is 12.6 Å². The van der Waals surface area contributed by atoms with Crippen LogP contribution in [0.4, 0.5) is 0 Å². The first-order chi connectivity index (χ1) is 8.04. The first kappa shape index (κ1) is 15.7. The monoisotopic (exact) mass is 243 g/mol. The molecule has 0 aromatic carbocycles. The number of hydrogen-bond acceptors (Lipinski definition) is 3. The first-order valence-corrected chi connectivity index (χ1v) is 6.17. The number of ether oxygens (including phenoxy) is 1. The Labute approximate surface area is 104 Å². The molecule has 2 unspecified atom stereocenters. The Morgan fingerprint density at radius 2 is 2.00 bits per heavy atom. The lowest BCUT2D eigenvalue weighted by atomic mass is 10.2. The maximum Gasteiger partial charge on any atom is 0.310 e. The predicted octanol–water partition coefficient (Wildman–Crippen LogP) is 1.15. The van der Waals surface area contributed by atoms with Crippen LogP contribution in [0.3, 0.4) is 0 Å². The smallest absolute Gasteiger partial charge is 0.310 e. The van der Waals surface area contributed by atoms with E-state index in [1.54, 1.807) is 0 Å². The molecule has 0 aromatic heterocycles. The van der Waals surface area contributed by atoms with Gasteiger partial charge in [0.2, 0.25) is 0 Å². The Hall–Kier alpha value is -1.26.